The fourth-order valence-electron chi connectivity index (χ4n) is 4.95. The maximum Gasteiger partial charge on any atom is 0.220 e. The predicted molar refractivity (Wildman–Crippen MR) is 115 cm³/mol. The summed E-state index contributed by atoms with van der Waals surface area (Å²) in [4.78, 5) is 27.1. The molecule has 5 rings (SSSR count). The number of aryl methyl sites for hydroxylation is 1. The Bertz CT molecular complexity index is 988. The lowest BCUT2D eigenvalue weighted by Gasteiger charge is -2.35. The molecule has 3 aromatic rings. The molecule has 1 aromatic carbocycles. The van der Waals surface area contributed by atoms with Crippen molar-refractivity contribution in [2.24, 2.45) is 11.8 Å². The zero-order valence-electron chi connectivity index (χ0n) is 16.9. The summed E-state index contributed by atoms with van der Waals surface area (Å²) in [6.45, 7) is 1.85. The molecule has 0 spiro atoms. The Morgan fingerprint density at radius 1 is 1.13 bits per heavy atom. The van der Waals surface area contributed by atoms with E-state index in [0.717, 1.165) is 48.6 Å². The minimum atomic E-state index is -0.495. The number of anilines is 1. The van der Waals surface area contributed by atoms with Gasteiger partial charge in [0.1, 0.15) is 11.6 Å². The summed E-state index contributed by atoms with van der Waals surface area (Å²) in [5, 5.41) is 13.7. The molecule has 7 heteroatoms. The first-order chi connectivity index (χ1) is 14.7. The van der Waals surface area contributed by atoms with E-state index in [9.17, 15) is 9.90 Å². The van der Waals surface area contributed by atoms with E-state index < -0.39 is 6.10 Å². The molecule has 1 aliphatic heterocycles. The molecule has 2 aliphatic rings. The number of aliphatic hydroxyl groups excluding tert-OH is 1. The number of amides is 1. The van der Waals surface area contributed by atoms with E-state index >= 15 is 0 Å². The van der Waals surface area contributed by atoms with E-state index in [-0.39, 0.29) is 11.9 Å². The third kappa shape index (κ3) is 3.89. The number of aromatic amines is 1. The molecule has 156 valence electrons. The fraction of sp³-hybridized carbons (Fsp3) is 0.435. The van der Waals surface area contributed by atoms with E-state index in [2.05, 4.69) is 25.2 Å². The van der Waals surface area contributed by atoms with Gasteiger partial charge in [-0.05, 0) is 48.9 Å². The molecular formula is C23H27N5O2. The smallest absolute Gasteiger partial charge is 0.220 e. The molecule has 2 fully saturated rings. The van der Waals surface area contributed by atoms with E-state index in [1.807, 2.05) is 48.7 Å². The number of para-hydroxylation sites is 2. The van der Waals surface area contributed by atoms with Crippen LogP contribution < -0.4 is 10.2 Å². The van der Waals surface area contributed by atoms with Crippen LogP contribution in [0.4, 0.5) is 5.82 Å². The normalized spacial score (nSPS) is 26.0. The lowest BCUT2D eigenvalue weighted by Crippen LogP contribution is -2.49. The van der Waals surface area contributed by atoms with E-state index in [1.165, 1.54) is 0 Å². The quantitative estimate of drug-likeness (QED) is 0.606. The molecular weight excluding hydrogens is 378 g/mol. The van der Waals surface area contributed by atoms with Crippen LogP contribution in [0.3, 0.4) is 0 Å². The summed E-state index contributed by atoms with van der Waals surface area (Å²) in [6, 6.07) is 13.6. The van der Waals surface area contributed by atoms with Crippen molar-refractivity contribution in [1.82, 2.24) is 20.3 Å². The highest BCUT2D eigenvalue weighted by Gasteiger charge is 2.42. The summed E-state index contributed by atoms with van der Waals surface area (Å²) in [6.07, 6.45) is 3.77. The summed E-state index contributed by atoms with van der Waals surface area (Å²) in [5.41, 5.74) is 1.90. The number of carbonyl (C=O) groups is 1. The van der Waals surface area contributed by atoms with Crippen LogP contribution in [-0.4, -0.2) is 51.2 Å². The Morgan fingerprint density at radius 2 is 1.93 bits per heavy atom. The van der Waals surface area contributed by atoms with Gasteiger partial charge >= 0.3 is 0 Å². The number of imidazole rings is 1. The highest BCUT2D eigenvalue weighted by Crippen LogP contribution is 2.38. The lowest BCUT2D eigenvalue weighted by atomic mass is 9.77. The third-order valence-electron chi connectivity index (χ3n) is 6.49. The zero-order valence-corrected chi connectivity index (χ0v) is 16.9. The zero-order chi connectivity index (χ0) is 20.5. The summed E-state index contributed by atoms with van der Waals surface area (Å²) in [7, 11) is 0. The summed E-state index contributed by atoms with van der Waals surface area (Å²) in [5.74, 6) is 2.70. The number of hydrogen-bond donors (Lipinski definition) is 3. The average Bonchev–Trinajstić information content (AvgIpc) is 3.36. The second kappa shape index (κ2) is 8.07. The Hall–Kier alpha value is -2.93. The van der Waals surface area contributed by atoms with Crippen molar-refractivity contribution in [3.8, 4) is 0 Å². The van der Waals surface area contributed by atoms with Crippen LogP contribution in [0.15, 0.2) is 48.7 Å². The number of carbonyl (C=O) groups excluding carboxylic acids is 1. The van der Waals surface area contributed by atoms with Gasteiger partial charge in [0, 0.05) is 32.1 Å². The van der Waals surface area contributed by atoms with Crippen molar-refractivity contribution >= 4 is 22.8 Å². The van der Waals surface area contributed by atoms with Crippen molar-refractivity contribution < 1.29 is 9.90 Å². The molecule has 1 amide bonds. The average molecular weight is 406 g/mol. The van der Waals surface area contributed by atoms with Crippen molar-refractivity contribution in [2.45, 2.75) is 37.8 Å². The predicted octanol–water partition coefficient (Wildman–Crippen LogP) is 2.28. The summed E-state index contributed by atoms with van der Waals surface area (Å²) >= 11 is 0. The van der Waals surface area contributed by atoms with Crippen molar-refractivity contribution in [2.75, 3.05) is 18.0 Å². The van der Waals surface area contributed by atoms with Crippen LogP contribution in [0.25, 0.3) is 11.0 Å². The first-order valence-electron chi connectivity index (χ1n) is 10.7. The Morgan fingerprint density at radius 3 is 2.73 bits per heavy atom. The molecule has 0 bridgehead atoms. The summed E-state index contributed by atoms with van der Waals surface area (Å²) < 4.78 is 0. The van der Waals surface area contributed by atoms with Gasteiger partial charge in [0.2, 0.25) is 5.91 Å². The largest absolute Gasteiger partial charge is 0.391 e. The standard InChI is InChI=1S/C23H27N5O2/c29-20-12-16-14-28(22-7-3-4-10-24-22)13-15(16)11-19(20)27-23(30)9-8-21-25-17-5-1-2-6-18(17)26-21/h1-7,10,15-16,19-20,29H,8-9,11-14H2,(H,25,26)(H,27,30)/t15-,16+,19-,20-/m0/s1. The van der Waals surface area contributed by atoms with Gasteiger partial charge in [-0.2, -0.15) is 0 Å². The SMILES string of the molecule is O=C(CCc1nc2ccccc2[nH]1)N[C@H]1C[C@H]2CN(c3ccccn3)C[C@H]2C[C@@H]1O. The van der Waals surface area contributed by atoms with Crippen LogP contribution in [0.1, 0.15) is 25.1 Å². The molecule has 30 heavy (non-hydrogen) atoms. The second-order valence-corrected chi connectivity index (χ2v) is 8.53. The Balaban J connectivity index is 1.16. The van der Waals surface area contributed by atoms with Gasteiger partial charge < -0.3 is 20.3 Å². The number of aromatic nitrogens is 3. The lowest BCUT2D eigenvalue weighted by molar-refractivity contribution is -0.123. The van der Waals surface area contributed by atoms with Gasteiger partial charge in [-0.1, -0.05) is 18.2 Å². The number of nitrogens with zero attached hydrogens (tertiary/aromatic N) is 3. The number of hydrogen-bond acceptors (Lipinski definition) is 5. The van der Waals surface area contributed by atoms with Crippen LogP contribution in [0, 0.1) is 11.8 Å². The highest BCUT2D eigenvalue weighted by molar-refractivity contribution is 5.77. The number of aliphatic hydroxyl groups is 1. The molecule has 1 aliphatic carbocycles. The van der Waals surface area contributed by atoms with Crippen molar-refractivity contribution in [3.05, 3.63) is 54.5 Å². The molecule has 1 saturated carbocycles. The van der Waals surface area contributed by atoms with Crippen LogP contribution in [-0.2, 0) is 11.2 Å². The van der Waals surface area contributed by atoms with Gasteiger partial charge in [0.25, 0.3) is 0 Å². The highest BCUT2D eigenvalue weighted by atomic mass is 16.3. The molecule has 3 heterocycles. The minimum Gasteiger partial charge on any atom is -0.391 e. The molecule has 4 atom stereocenters. The maximum absolute atomic E-state index is 12.5. The number of fused-ring (bicyclic) bond motifs is 2. The monoisotopic (exact) mass is 405 g/mol. The van der Waals surface area contributed by atoms with Gasteiger partial charge in [-0.15, -0.1) is 0 Å². The molecule has 0 radical (unpaired) electrons. The number of pyridine rings is 1. The molecule has 1 saturated heterocycles. The van der Waals surface area contributed by atoms with Crippen LogP contribution in [0.2, 0.25) is 0 Å². The Labute approximate surface area is 175 Å². The number of benzene rings is 1. The number of rotatable bonds is 5. The first kappa shape index (κ1) is 19.1. The maximum atomic E-state index is 12.5. The van der Waals surface area contributed by atoms with E-state index in [1.54, 1.807) is 0 Å². The number of nitrogens with one attached hydrogen (secondary N) is 2. The fourth-order valence-corrected chi connectivity index (χ4v) is 4.95. The minimum absolute atomic E-state index is 0.0301. The second-order valence-electron chi connectivity index (χ2n) is 8.53. The molecule has 3 N–H and O–H groups in total. The first-order valence-corrected chi connectivity index (χ1v) is 10.7. The molecule has 7 nitrogen and oxygen atoms in total. The topological polar surface area (TPSA) is 94.1 Å². The van der Waals surface area contributed by atoms with Gasteiger partial charge in [-0.3, -0.25) is 4.79 Å². The van der Waals surface area contributed by atoms with Gasteiger partial charge in [-0.25, -0.2) is 9.97 Å². The van der Waals surface area contributed by atoms with Crippen LogP contribution in [0.5, 0.6) is 0 Å². The van der Waals surface area contributed by atoms with Gasteiger partial charge in [0.05, 0.1) is 23.2 Å². The van der Waals surface area contributed by atoms with Crippen molar-refractivity contribution in [3.63, 3.8) is 0 Å². The van der Waals surface area contributed by atoms with Crippen molar-refractivity contribution in [1.29, 1.82) is 0 Å². The van der Waals surface area contributed by atoms with E-state index in [0.29, 0.717) is 24.7 Å². The van der Waals surface area contributed by atoms with E-state index in [4.69, 9.17) is 0 Å². The molecule has 0 unspecified atom stereocenters. The van der Waals surface area contributed by atoms with Gasteiger partial charge in [0.15, 0.2) is 0 Å². The van der Waals surface area contributed by atoms with Crippen LogP contribution >= 0.6 is 0 Å². The molecule has 2 aromatic heterocycles. The number of H-pyrrole nitrogens is 1. The Kier molecular flexibility index (Phi) is 5.12. The third-order valence-corrected chi connectivity index (χ3v) is 6.49.